The van der Waals surface area contributed by atoms with Gasteiger partial charge >= 0.3 is 0 Å². The van der Waals surface area contributed by atoms with Crippen molar-refractivity contribution in [3.8, 4) is 11.8 Å². The summed E-state index contributed by atoms with van der Waals surface area (Å²) < 4.78 is 0. The minimum atomic E-state index is 0.136. The molecule has 2 aromatic rings. The molecule has 0 amide bonds. The van der Waals surface area contributed by atoms with Gasteiger partial charge in [0.25, 0.3) is 0 Å². The lowest BCUT2D eigenvalue weighted by atomic mass is 10.1. The smallest absolute Gasteiger partial charge is 0.142 e. The van der Waals surface area contributed by atoms with E-state index in [1.807, 2.05) is 19.9 Å². The molecule has 0 bridgehead atoms. The summed E-state index contributed by atoms with van der Waals surface area (Å²) in [6, 6.07) is 2.02. The maximum atomic E-state index is 9.43. The molecular weight excluding hydrogens is 190 g/mol. The zero-order valence-electron chi connectivity index (χ0n) is 9.00. The van der Waals surface area contributed by atoms with Crippen LogP contribution in [-0.2, 0) is 0 Å². The van der Waals surface area contributed by atoms with Gasteiger partial charge in [-0.3, -0.25) is 0 Å². The van der Waals surface area contributed by atoms with E-state index in [0.717, 1.165) is 5.56 Å². The third-order valence-electron chi connectivity index (χ3n) is 2.06. The van der Waals surface area contributed by atoms with Gasteiger partial charge < -0.3 is 10.1 Å². The lowest BCUT2D eigenvalue weighted by Crippen LogP contribution is -1.86. The second kappa shape index (κ2) is 4.47. The van der Waals surface area contributed by atoms with Crippen molar-refractivity contribution in [2.24, 2.45) is 0 Å². The van der Waals surface area contributed by atoms with Crippen LogP contribution in [0.25, 0.3) is 11.0 Å². The molecule has 2 rings (SSSR count). The SMILES string of the molecule is CC.Cc1c(C#N)cnc2[nH]cc(O)c12. The lowest BCUT2D eigenvalue weighted by molar-refractivity contribution is 0.481. The van der Waals surface area contributed by atoms with E-state index in [1.165, 1.54) is 12.4 Å². The number of nitrogens with one attached hydrogen (secondary N) is 1. The Morgan fingerprint density at radius 2 is 2.13 bits per heavy atom. The summed E-state index contributed by atoms with van der Waals surface area (Å²) in [5.41, 5.74) is 1.85. The molecule has 0 saturated carbocycles. The zero-order chi connectivity index (χ0) is 11.4. The average Bonchev–Trinajstić information content (AvgIpc) is 2.65. The molecule has 78 valence electrons. The van der Waals surface area contributed by atoms with Crippen LogP contribution in [0.3, 0.4) is 0 Å². The van der Waals surface area contributed by atoms with Crippen LogP contribution < -0.4 is 0 Å². The molecule has 2 N–H and O–H groups in total. The van der Waals surface area contributed by atoms with Crippen LogP contribution >= 0.6 is 0 Å². The van der Waals surface area contributed by atoms with E-state index in [-0.39, 0.29) is 5.75 Å². The molecular formula is C11H13N3O. The van der Waals surface area contributed by atoms with Crippen molar-refractivity contribution in [2.75, 3.05) is 0 Å². The fourth-order valence-electron chi connectivity index (χ4n) is 1.35. The van der Waals surface area contributed by atoms with Crippen LogP contribution in [-0.4, -0.2) is 15.1 Å². The average molecular weight is 203 g/mol. The molecule has 0 aromatic carbocycles. The minimum absolute atomic E-state index is 0.136. The van der Waals surface area contributed by atoms with Crippen molar-refractivity contribution in [2.45, 2.75) is 20.8 Å². The van der Waals surface area contributed by atoms with Crippen molar-refractivity contribution in [3.05, 3.63) is 23.5 Å². The van der Waals surface area contributed by atoms with Crippen LogP contribution in [0.4, 0.5) is 0 Å². The lowest BCUT2D eigenvalue weighted by Gasteiger charge is -1.97. The summed E-state index contributed by atoms with van der Waals surface area (Å²) in [5.74, 6) is 0.136. The van der Waals surface area contributed by atoms with Crippen LogP contribution in [0.1, 0.15) is 25.0 Å². The van der Waals surface area contributed by atoms with Gasteiger partial charge in [0.1, 0.15) is 17.5 Å². The van der Waals surface area contributed by atoms with Gasteiger partial charge in [-0.05, 0) is 12.5 Å². The van der Waals surface area contributed by atoms with Gasteiger partial charge in [0.15, 0.2) is 0 Å². The van der Waals surface area contributed by atoms with Gasteiger partial charge in [-0.2, -0.15) is 5.26 Å². The van der Waals surface area contributed by atoms with E-state index in [4.69, 9.17) is 5.26 Å². The molecule has 0 atom stereocenters. The summed E-state index contributed by atoms with van der Waals surface area (Å²) in [4.78, 5) is 6.81. The second-order valence-electron chi connectivity index (χ2n) is 2.81. The number of fused-ring (bicyclic) bond motifs is 1. The first-order valence-corrected chi connectivity index (χ1v) is 4.80. The van der Waals surface area contributed by atoms with Crippen LogP contribution in [0, 0.1) is 18.3 Å². The molecule has 0 aliphatic rings. The zero-order valence-corrected chi connectivity index (χ0v) is 9.00. The molecule has 0 aliphatic heterocycles. The van der Waals surface area contributed by atoms with Gasteiger partial charge in [-0.25, -0.2) is 4.98 Å². The van der Waals surface area contributed by atoms with Gasteiger partial charge in [0.05, 0.1) is 10.9 Å². The number of nitrogens with zero attached hydrogens (tertiary/aromatic N) is 2. The van der Waals surface area contributed by atoms with Gasteiger partial charge in [-0.1, -0.05) is 13.8 Å². The monoisotopic (exact) mass is 203 g/mol. The quantitative estimate of drug-likeness (QED) is 0.690. The number of aryl methyl sites for hydroxylation is 1. The van der Waals surface area contributed by atoms with Crippen molar-refractivity contribution in [1.29, 1.82) is 5.26 Å². The Bertz CT molecular complexity index is 508. The third-order valence-corrected chi connectivity index (χ3v) is 2.06. The number of pyridine rings is 1. The molecule has 0 radical (unpaired) electrons. The number of aromatic amines is 1. The van der Waals surface area contributed by atoms with Gasteiger partial charge in [0.2, 0.25) is 0 Å². The number of H-pyrrole nitrogens is 1. The van der Waals surface area contributed by atoms with Crippen molar-refractivity contribution in [3.63, 3.8) is 0 Å². The molecule has 0 fully saturated rings. The summed E-state index contributed by atoms with van der Waals surface area (Å²) in [5, 5.41) is 18.8. The number of rotatable bonds is 0. The van der Waals surface area contributed by atoms with E-state index >= 15 is 0 Å². The standard InChI is InChI=1S/C9H7N3O.C2H6/c1-5-6(2-10)3-11-9-8(5)7(13)4-12-9;1-2/h3-4,13H,1H3,(H,11,12);1-2H3. The minimum Gasteiger partial charge on any atom is -0.506 e. The largest absolute Gasteiger partial charge is 0.506 e. The van der Waals surface area contributed by atoms with Gasteiger partial charge in [0, 0.05) is 12.4 Å². The summed E-state index contributed by atoms with van der Waals surface area (Å²) in [7, 11) is 0. The Morgan fingerprint density at radius 3 is 2.73 bits per heavy atom. The summed E-state index contributed by atoms with van der Waals surface area (Å²) in [6.07, 6.45) is 2.96. The molecule has 4 nitrogen and oxygen atoms in total. The number of hydrogen-bond donors (Lipinski definition) is 2. The van der Waals surface area contributed by atoms with Crippen molar-refractivity contribution in [1.82, 2.24) is 9.97 Å². The normalized spacial score (nSPS) is 9.20. The Labute approximate surface area is 88.2 Å². The number of hydrogen-bond acceptors (Lipinski definition) is 3. The fraction of sp³-hybridized carbons (Fsp3) is 0.273. The molecule has 4 heteroatoms. The molecule has 2 aromatic heterocycles. The van der Waals surface area contributed by atoms with E-state index in [2.05, 4.69) is 9.97 Å². The van der Waals surface area contributed by atoms with E-state index in [0.29, 0.717) is 16.6 Å². The predicted molar refractivity (Wildman–Crippen MR) is 58.6 cm³/mol. The maximum Gasteiger partial charge on any atom is 0.142 e. The van der Waals surface area contributed by atoms with Gasteiger partial charge in [-0.15, -0.1) is 0 Å². The fourth-order valence-corrected chi connectivity index (χ4v) is 1.35. The molecule has 15 heavy (non-hydrogen) atoms. The summed E-state index contributed by atoms with van der Waals surface area (Å²) >= 11 is 0. The van der Waals surface area contributed by atoms with Crippen LogP contribution in [0.15, 0.2) is 12.4 Å². The highest BCUT2D eigenvalue weighted by atomic mass is 16.3. The highest BCUT2D eigenvalue weighted by Gasteiger charge is 2.09. The molecule has 2 heterocycles. The molecule has 0 aliphatic carbocycles. The Morgan fingerprint density at radius 1 is 1.47 bits per heavy atom. The summed E-state index contributed by atoms with van der Waals surface area (Å²) in [6.45, 7) is 5.79. The van der Waals surface area contributed by atoms with Crippen LogP contribution in [0.2, 0.25) is 0 Å². The Hall–Kier alpha value is -2.02. The first kappa shape index (κ1) is 11.1. The molecule has 0 saturated heterocycles. The number of aromatic hydroxyl groups is 1. The predicted octanol–water partition coefficient (Wildman–Crippen LogP) is 2.47. The molecule has 0 spiro atoms. The van der Waals surface area contributed by atoms with E-state index in [9.17, 15) is 5.11 Å². The third kappa shape index (κ3) is 1.77. The first-order valence-electron chi connectivity index (χ1n) is 4.80. The highest BCUT2D eigenvalue weighted by molar-refractivity contribution is 5.87. The second-order valence-corrected chi connectivity index (χ2v) is 2.81. The maximum absolute atomic E-state index is 9.43. The van der Waals surface area contributed by atoms with E-state index < -0.39 is 0 Å². The van der Waals surface area contributed by atoms with Crippen molar-refractivity contribution < 1.29 is 5.11 Å². The number of aromatic nitrogens is 2. The topological polar surface area (TPSA) is 72.7 Å². The first-order chi connectivity index (χ1) is 7.24. The Balaban J connectivity index is 0.000000531. The highest BCUT2D eigenvalue weighted by Crippen LogP contribution is 2.27. The molecule has 0 unspecified atom stereocenters. The Kier molecular flexibility index (Phi) is 3.29. The van der Waals surface area contributed by atoms with Crippen LogP contribution in [0.5, 0.6) is 5.75 Å². The van der Waals surface area contributed by atoms with Crippen molar-refractivity contribution >= 4 is 11.0 Å². The van der Waals surface area contributed by atoms with E-state index in [1.54, 1.807) is 6.92 Å². The number of nitriles is 1.